The fourth-order valence-corrected chi connectivity index (χ4v) is 1.65. The van der Waals surface area contributed by atoms with Crippen LogP contribution >= 0.6 is 0 Å². The molecule has 0 radical (unpaired) electrons. The summed E-state index contributed by atoms with van der Waals surface area (Å²) in [5.74, 6) is -0.442. The predicted octanol–water partition coefficient (Wildman–Crippen LogP) is 3.36. The van der Waals surface area contributed by atoms with Crippen molar-refractivity contribution in [3.8, 4) is 0 Å². The first-order chi connectivity index (χ1) is 9.04. The van der Waals surface area contributed by atoms with Gasteiger partial charge in [-0.1, -0.05) is 12.1 Å². The van der Waals surface area contributed by atoms with Gasteiger partial charge in [0.1, 0.15) is 5.82 Å². The molecule has 0 bridgehead atoms. The molecule has 0 atom stereocenters. The third-order valence-corrected chi connectivity index (χ3v) is 2.54. The first kappa shape index (κ1) is 12.9. The fraction of sp³-hybridized carbons (Fsp3) is 0.0714. The van der Waals surface area contributed by atoms with E-state index in [0.29, 0.717) is 11.4 Å². The summed E-state index contributed by atoms with van der Waals surface area (Å²) in [6, 6.07) is 10.8. The van der Waals surface area contributed by atoms with Crippen LogP contribution in [-0.2, 0) is 0 Å². The predicted molar refractivity (Wildman–Crippen MR) is 74.6 cm³/mol. The van der Waals surface area contributed by atoms with Crippen LogP contribution < -0.4 is 16.4 Å². The average molecular weight is 259 g/mol. The van der Waals surface area contributed by atoms with Crippen molar-refractivity contribution < 1.29 is 9.18 Å². The Labute approximate surface area is 110 Å². The number of nitrogens with one attached hydrogen (secondary N) is 2. The minimum absolute atomic E-state index is 0.180. The lowest BCUT2D eigenvalue weighted by atomic mass is 10.2. The molecule has 4 N–H and O–H groups in total. The van der Waals surface area contributed by atoms with E-state index in [2.05, 4.69) is 10.6 Å². The van der Waals surface area contributed by atoms with Crippen LogP contribution in [0.2, 0.25) is 0 Å². The quantitative estimate of drug-likeness (QED) is 0.724. The number of carbonyl (C=O) groups is 1. The smallest absolute Gasteiger partial charge is 0.323 e. The number of hydrogen-bond donors (Lipinski definition) is 3. The normalized spacial score (nSPS) is 10.0. The lowest BCUT2D eigenvalue weighted by Crippen LogP contribution is -2.20. The Bertz CT molecular complexity index is 613. The summed E-state index contributed by atoms with van der Waals surface area (Å²) in [6.07, 6.45) is 0. The van der Waals surface area contributed by atoms with Crippen LogP contribution in [0.15, 0.2) is 42.5 Å². The molecule has 19 heavy (non-hydrogen) atoms. The molecule has 0 saturated heterocycles. The summed E-state index contributed by atoms with van der Waals surface area (Å²) >= 11 is 0. The minimum atomic E-state index is -0.442. The second-order valence-corrected chi connectivity index (χ2v) is 4.18. The van der Waals surface area contributed by atoms with Gasteiger partial charge >= 0.3 is 6.03 Å². The van der Waals surface area contributed by atoms with E-state index in [4.69, 9.17) is 5.73 Å². The molecule has 0 aromatic heterocycles. The van der Waals surface area contributed by atoms with Gasteiger partial charge in [0.15, 0.2) is 0 Å². The van der Waals surface area contributed by atoms with Gasteiger partial charge < -0.3 is 16.4 Å². The number of nitrogens with two attached hydrogens (primary N) is 1. The van der Waals surface area contributed by atoms with Crippen LogP contribution in [0.3, 0.4) is 0 Å². The molecule has 2 rings (SSSR count). The van der Waals surface area contributed by atoms with Crippen molar-refractivity contribution in [2.24, 2.45) is 0 Å². The molecule has 0 aliphatic heterocycles. The average Bonchev–Trinajstić information content (AvgIpc) is 2.33. The van der Waals surface area contributed by atoms with Gasteiger partial charge in [-0.2, -0.15) is 0 Å². The van der Waals surface area contributed by atoms with Crippen molar-refractivity contribution in [2.75, 3.05) is 16.4 Å². The van der Waals surface area contributed by atoms with Crippen LogP contribution in [0.5, 0.6) is 0 Å². The number of benzene rings is 2. The van der Waals surface area contributed by atoms with E-state index in [1.807, 2.05) is 25.1 Å². The Balaban J connectivity index is 2.05. The topological polar surface area (TPSA) is 67.2 Å². The third kappa shape index (κ3) is 3.45. The highest BCUT2D eigenvalue weighted by Gasteiger charge is 2.06. The number of hydrogen-bond acceptors (Lipinski definition) is 2. The zero-order valence-electron chi connectivity index (χ0n) is 10.4. The molecule has 0 aliphatic rings. The van der Waals surface area contributed by atoms with E-state index in [1.54, 1.807) is 6.07 Å². The summed E-state index contributed by atoms with van der Waals surface area (Å²) in [6.45, 7) is 1.93. The van der Waals surface area contributed by atoms with E-state index in [0.717, 1.165) is 11.6 Å². The molecule has 0 aliphatic carbocycles. The van der Waals surface area contributed by atoms with E-state index < -0.39 is 11.8 Å². The van der Waals surface area contributed by atoms with Gasteiger partial charge in [0.25, 0.3) is 0 Å². The molecule has 0 spiro atoms. The Morgan fingerprint density at radius 2 is 1.95 bits per heavy atom. The number of urea groups is 1. The van der Waals surface area contributed by atoms with Crippen molar-refractivity contribution in [3.05, 3.63) is 53.8 Å². The van der Waals surface area contributed by atoms with Gasteiger partial charge in [-0.25, -0.2) is 9.18 Å². The van der Waals surface area contributed by atoms with Crippen molar-refractivity contribution in [2.45, 2.75) is 6.92 Å². The van der Waals surface area contributed by atoms with Gasteiger partial charge in [-0.05, 0) is 42.8 Å². The molecule has 0 heterocycles. The molecule has 0 unspecified atom stereocenters. The number of carbonyl (C=O) groups excluding carboxylic acids is 1. The number of halogens is 1. The largest absolute Gasteiger partial charge is 0.397 e. The van der Waals surface area contributed by atoms with Gasteiger partial charge in [-0.3, -0.25) is 0 Å². The minimum Gasteiger partial charge on any atom is -0.397 e. The highest BCUT2D eigenvalue weighted by atomic mass is 19.1. The maximum absolute atomic E-state index is 12.9. The number of rotatable bonds is 2. The summed E-state index contributed by atoms with van der Waals surface area (Å²) < 4.78 is 12.9. The highest BCUT2D eigenvalue weighted by Crippen LogP contribution is 2.19. The first-order valence-corrected chi connectivity index (χ1v) is 5.74. The number of nitrogen functional groups attached to an aromatic ring is 1. The van der Waals surface area contributed by atoms with Gasteiger partial charge in [0.05, 0.1) is 11.4 Å². The van der Waals surface area contributed by atoms with Crippen molar-refractivity contribution in [1.82, 2.24) is 0 Å². The van der Waals surface area contributed by atoms with Crippen LogP contribution in [0.4, 0.5) is 26.2 Å². The van der Waals surface area contributed by atoms with E-state index in [1.165, 1.54) is 12.1 Å². The number of amides is 2. The second-order valence-electron chi connectivity index (χ2n) is 4.18. The lowest BCUT2D eigenvalue weighted by Gasteiger charge is -2.10. The SMILES string of the molecule is Cc1cccc(NC(=O)Nc2ccc(F)cc2N)c1. The molecule has 98 valence electrons. The highest BCUT2D eigenvalue weighted by molar-refractivity contribution is 6.01. The summed E-state index contributed by atoms with van der Waals surface area (Å²) in [5.41, 5.74) is 7.87. The Kier molecular flexibility index (Phi) is 3.66. The zero-order valence-corrected chi connectivity index (χ0v) is 10.4. The third-order valence-electron chi connectivity index (χ3n) is 2.54. The van der Waals surface area contributed by atoms with Gasteiger partial charge in [-0.15, -0.1) is 0 Å². The molecule has 2 aromatic carbocycles. The maximum Gasteiger partial charge on any atom is 0.323 e. The summed E-state index contributed by atoms with van der Waals surface area (Å²) in [5, 5.41) is 5.24. The van der Waals surface area contributed by atoms with Crippen LogP contribution in [-0.4, -0.2) is 6.03 Å². The molecule has 0 saturated carbocycles. The zero-order chi connectivity index (χ0) is 13.8. The molecular weight excluding hydrogens is 245 g/mol. The Morgan fingerprint density at radius 3 is 2.63 bits per heavy atom. The molecule has 2 amide bonds. The van der Waals surface area contributed by atoms with Crippen LogP contribution in [0.1, 0.15) is 5.56 Å². The molecule has 0 fully saturated rings. The van der Waals surface area contributed by atoms with Crippen molar-refractivity contribution in [3.63, 3.8) is 0 Å². The van der Waals surface area contributed by atoms with Gasteiger partial charge in [0.2, 0.25) is 0 Å². The van der Waals surface area contributed by atoms with Crippen LogP contribution in [0.25, 0.3) is 0 Å². The maximum atomic E-state index is 12.9. The standard InChI is InChI=1S/C14H14FN3O/c1-9-3-2-4-11(7-9)17-14(19)18-13-6-5-10(15)8-12(13)16/h2-8H,16H2,1H3,(H2,17,18,19). The number of anilines is 3. The second kappa shape index (κ2) is 5.39. The molecule has 5 heteroatoms. The number of aryl methyl sites for hydroxylation is 1. The van der Waals surface area contributed by atoms with Crippen molar-refractivity contribution in [1.29, 1.82) is 0 Å². The molecular formula is C14H14FN3O. The van der Waals surface area contributed by atoms with E-state index in [-0.39, 0.29) is 5.69 Å². The molecule has 2 aromatic rings. The Hall–Kier alpha value is -2.56. The van der Waals surface area contributed by atoms with Gasteiger partial charge in [0, 0.05) is 5.69 Å². The van der Waals surface area contributed by atoms with E-state index >= 15 is 0 Å². The monoisotopic (exact) mass is 259 g/mol. The Morgan fingerprint density at radius 1 is 1.16 bits per heavy atom. The van der Waals surface area contributed by atoms with Crippen molar-refractivity contribution >= 4 is 23.1 Å². The first-order valence-electron chi connectivity index (χ1n) is 5.74. The summed E-state index contributed by atoms with van der Waals surface area (Å²) in [7, 11) is 0. The summed E-state index contributed by atoms with van der Waals surface area (Å²) in [4.78, 5) is 11.8. The fourth-order valence-electron chi connectivity index (χ4n) is 1.65. The van der Waals surface area contributed by atoms with Crippen LogP contribution in [0, 0.1) is 12.7 Å². The van der Waals surface area contributed by atoms with E-state index in [9.17, 15) is 9.18 Å². The molecule has 4 nitrogen and oxygen atoms in total. The lowest BCUT2D eigenvalue weighted by molar-refractivity contribution is 0.262.